The zero-order valence-corrected chi connectivity index (χ0v) is 11.9. The third-order valence-corrected chi connectivity index (χ3v) is 3.26. The number of nitrogens with zero attached hydrogens (tertiary/aromatic N) is 4. The lowest BCUT2D eigenvalue weighted by molar-refractivity contribution is 0.628. The van der Waals surface area contributed by atoms with Crippen LogP contribution >= 0.6 is 11.6 Å². The summed E-state index contributed by atoms with van der Waals surface area (Å²) in [6.45, 7) is 2.15. The number of hydrogen-bond donors (Lipinski definition) is 0. The molecule has 1 aromatic carbocycles. The van der Waals surface area contributed by atoms with Gasteiger partial charge in [-0.25, -0.2) is 19.3 Å². The number of rotatable bonds is 2. The Morgan fingerprint density at radius 1 is 1.33 bits per heavy atom. The minimum absolute atomic E-state index is 0.265. The van der Waals surface area contributed by atoms with Gasteiger partial charge < -0.3 is 0 Å². The van der Waals surface area contributed by atoms with E-state index in [4.69, 9.17) is 11.6 Å². The molecule has 0 aliphatic carbocycles. The van der Waals surface area contributed by atoms with E-state index in [1.807, 2.05) is 0 Å². The van der Waals surface area contributed by atoms with Crippen LogP contribution in [0.5, 0.6) is 0 Å². The fourth-order valence-corrected chi connectivity index (χ4v) is 2.24. The van der Waals surface area contributed by atoms with Crippen LogP contribution in [0.4, 0.5) is 4.39 Å². The zero-order chi connectivity index (χ0) is 14.8. The van der Waals surface area contributed by atoms with Crippen molar-refractivity contribution in [1.29, 1.82) is 0 Å². The van der Waals surface area contributed by atoms with Crippen LogP contribution < -0.4 is 0 Å². The molecular weight excluding hydrogens is 291 g/mol. The Bertz CT molecular complexity index is 876. The predicted molar refractivity (Wildman–Crippen MR) is 79.2 cm³/mol. The summed E-state index contributed by atoms with van der Waals surface area (Å²) in [5.41, 5.74) is 1.70. The normalized spacial score (nSPS) is 10.4. The Kier molecular flexibility index (Phi) is 3.55. The van der Waals surface area contributed by atoms with Crippen molar-refractivity contribution >= 4 is 22.8 Å². The topological polar surface area (TPSA) is 43.6 Å². The van der Waals surface area contributed by atoms with Crippen molar-refractivity contribution in [3.63, 3.8) is 0 Å². The maximum absolute atomic E-state index is 13.5. The van der Waals surface area contributed by atoms with Gasteiger partial charge in [0.2, 0.25) is 0 Å². The van der Waals surface area contributed by atoms with E-state index in [1.54, 1.807) is 23.6 Å². The fraction of sp³-hybridized carbons (Fsp3) is 0.133. The van der Waals surface area contributed by atoms with E-state index >= 15 is 0 Å². The Morgan fingerprint density at radius 3 is 2.95 bits per heavy atom. The maximum Gasteiger partial charge on any atom is 0.166 e. The van der Waals surface area contributed by atoms with Crippen LogP contribution in [0.15, 0.2) is 30.6 Å². The van der Waals surface area contributed by atoms with Gasteiger partial charge in [-0.15, -0.1) is 5.92 Å². The van der Waals surface area contributed by atoms with Crippen molar-refractivity contribution in [2.24, 2.45) is 0 Å². The molecule has 3 aromatic rings. The molecule has 0 saturated carbocycles. The molecule has 0 aliphatic heterocycles. The smallest absolute Gasteiger partial charge is 0.166 e. The molecule has 0 saturated heterocycles. The molecule has 0 aliphatic rings. The lowest BCUT2D eigenvalue weighted by atomic mass is 10.2. The third-order valence-electron chi connectivity index (χ3n) is 2.98. The predicted octanol–water partition coefficient (Wildman–Crippen LogP) is 3.31. The van der Waals surface area contributed by atoms with E-state index in [1.165, 1.54) is 18.5 Å². The molecule has 0 unspecified atom stereocenters. The highest BCUT2D eigenvalue weighted by Crippen LogP contribution is 2.26. The molecule has 0 radical (unpaired) electrons. The number of benzene rings is 1. The summed E-state index contributed by atoms with van der Waals surface area (Å²) in [6.07, 6.45) is 1.37. The summed E-state index contributed by atoms with van der Waals surface area (Å²) in [5.74, 6) is 6.02. The van der Waals surface area contributed by atoms with E-state index in [9.17, 15) is 4.39 Å². The second-order valence-electron chi connectivity index (χ2n) is 4.30. The highest BCUT2D eigenvalue weighted by molar-refractivity contribution is 6.33. The van der Waals surface area contributed by atoms with Gasteiger partial charge in [0.15, 0.2) is 10.8 Å². The average molecular weight is 301 g/mol. The summed E-state index contributed by atoms with van der Waals surface area (Å²) in [7, 11) is 0. The van der Waals surface area contributed by atoms with Gasteiger partial charge in [0, 0.05) is 5.56 Å². The van der Waals surface area contributed by atoms with E-state index in [0.717, 1.165) is 0 Å². The molecule has 0 fully saturated rings. The summed E-state index contributed by atoms with van der Waals surface area (Å²) in [4.78, 5) is 12.6. The quantitative estimate of drug-likeness (QED) is 0.539. The van der Waals surface area contributed by atoms with Crippen LogP contribution in [0, 0.1) is 17.7 Å². The Hall–Kier alpha value is -2.45. The van der Waals surface area contributed by atoms with Gasteiger partial charge in [-0.2, -0.15) is 0 Å². The average Bonchev–Trinajstić information content (AvgIpc) is 2.85. The number of imidazole rings is 1. The molecule has 2 heterocycles. The summed E-state index contributed by atoms with van der Waals surface area (Å²) in [6, 6.07) is 6.21. The second kappa shape index (κ2) is 5.51. The van der Waals surface area contributed by atoms with Crippen LogP contribution in [-0.4, -0.2) is 19.5 Å². The van der Waals surface area contributed by atoms with Crippen LogP contribution in [0.25, 0.3) is 22.6 Å². The van der Waals surface area contributed by atoms with E-state index < -0.39 is 0 Å². The number of aromatic nitrogens is 4. The minimum atomic E-state index is -0.329. The molecule has 0 spiro atoms. The highest BCUT2D eigenvalue weighted by atomic mass is 35.5. The lowest BCUT2D eigenvalue weighted by Gasteiger charge is -2.04. The molecule has 3 rings (SSSR count). The number of halogens is 2. The number of hydrogen-bond acceptors (Lipinski definition) is 3. The van der Waals surface area contributed by atoms with Crippen LogP contribution in [0.1, 0.15) is 6.92 Å². The molecule has 2 aromatic heterocycles. The molecule has 104 valence electrons. The van der Waals surface area contributed by atoms with Gasteiger partial charge in [0.25, 0.3) is 0 Å². The van der Waals surface area contributed by atoms with Gasteiger partial charge >= 0.3 is 0 Å². The first-order chi connectivity index (χ1) is 10.2. The SMILES string of the molecule is CC#CCn1c(-c2cccc(F)c2)nc2c(Cl)ncnc21. The Labute approximate surface area is 125 Å². The van der Waals surface area contributed by atoms with Gasteiger partial charge in [-0.3, -0.25) is 4.57 Å². The van der Waals surface area contributed by atoms with Crippen molar-refractivity contribution in [2.45, 2.75) is 13.5 Å². The largest absolute Gasteiger partial charge is 0.297 e. The number of fused-ring (bicyclic) bond motifs is 1. The van der Waals surface area contributed by atoms with E-state index in [-0.39, 0.29) is 11.0 Å². The van der Waals surface area contributed by atoms with Gasteiger partial charge in [-0.05, 0) is 19.1 Å². The van der Waals surface area contributed by atoms with Crippen molar-refractivity contribution in [3.05, 3.63) is 41.6 Å². The first-order valence-electron chi connectivity index (χ1n) is 6.23. The molecular formula is C15H10ClFN4. The summed E-state index contributed by atoms with van der Waals surface area (Å²) < 4.78 is 15.3. The van der Waals surface area contributed by atoms with Gasteiger partial charge in [-0.1, -0.05) is 29.7 Å². The third kappa shape index (κ3) is 2.46. The van der Waals surface area contributed by atoms with Gasteiger partial charge in [0.05, 0.1) is 6.54 Å². The molecule has 0 bridgehead atoms. The molecule has 4 nitrogen and oxygen atoms in total. The molecule has 0 N–H and O–H groups in total. The first-order valence-corrected chi connectivity index (χ1v) is 6.61. The molecule has 0 amide bonds. The van der Waals surface area contributed by atoms with E-state index in [0.29, 0.717) is 29.1 Å². The van der Waals surface area contributed by atoms with Crippen molar-refractivity contribution in [3.8, 4) is 23.2 Å². The van der Waals surface area contributed by atoms with Crippen molar-refractivity contribution in [2.75, 3.05) is 0 Å². The Morgan fingerprint density at radius 2 is 2.19 bits per heavy atom. The standard InChI is InChI=1S/C15H10ClFN4/c1-2-3-7-21-14(10-5-4-6-11(17)8-10)20-12-13(16)18-9-19-15(12)21/h4-6,8-9H,7H2,1H3. The molecule has 0 atom stereocenters. The Balaban J connectivity index is 2.29. The van der Waals surface area contributed by atoms with Gasteiger partial charge in [0.1, 0.15) is 23.5 Å². The minimum Gasteiger partial charge on any atom is -0.297 e. The van der Waals surface area contributed by atoms with Crippen molar-refractivity contribution < 1.29 is 4.39 Å². The zero-order valence-electron chi connectivity index (χ0n) is 11.1. The monoisotopic (exact) mass is 300 g/mol. The lowest BCUT2D eigenvalue weighted by Crippen LogP contribution is -2.00. The van der Waals surface area contributed by atoms with Crippen LogP contribution in [0.3, 0.4) is 0 Å². The van der Waals surface area contributed by atoms with Crippen LogP contribution in [-0.2, 0) is 6.54 Å². The van der Waals surface area contributed by atoms with E-state index in [2.05, 4.69) is 26.8 Å². The van der Waals surface area contributed by atoms with Crippen molar-refractivity contribution in [1.82, 2.24) is 19.5 Å². The summed E-state index contributed by atoms with van der Waals surface area (Å²) in [5, 5.41) is 0.265. The fourth-order valence-electron chi connectivity index (χ4n) is 2.06. The maximum atomic E-state index is 13.5. The molecule has 6 heteroatoms. The summed E-state index contributed by atoms with van der Waals surface area (Å²) >= 11 is 6.06. The van der Waals surface area contributed by atoms with Crippen LogP contribution in [0.2, 0.25) is 5.15 Å². The first kappa shape index (κ1) is 13.5. The molecule has 21 heavy (non-hydrogen) atoms. The second-order valence-corrected chi connectivity index (χ2v) is 4.65. The highest BCUT2D eigenvalue weighted by Gasteiger charge is 2.16.